The molecule has 0 atom stereocenters. The first kappa shape index (κ1) is 14.1. The first-order valence-electron chi connectivity index (χ1n) is 6.07. The minimum Gasteiger partial charge on any atom is -0.288 e. The third kappa shape index (κ3) is 3.59. The average Bonchev–Trinajstić information content (AvgIpc) is 2.46. The fourth-order valence-electron chi connectivity index (χ4n) is 1.64. The van der Waals surface area contributed by atoms with Gasteiger partial charge in [0.15, 0.2) is 0 Å². The summed E-state index contributed by atoms with van der Waals surface area (Å²) >= 11 is 6.04. The Balaban J connectivity index is 1.93. The topological polar surface area (TPSA) is 53.5 Å². The number of amides is 1. The molecule has 2 aromatic carbocycles. The van der Waals surface area contributed by atoms with E-state index in [4.69, 9.17) is 11.6 Å². The maximum absolute atomic E-state index is 11.7. The van der Waals surface area contributed by atoms with Gasteiger partial charge >= 0.3 is 0 Å². The molecule has 0 aromatic heterocycles. The highest BCUT2D eigenvalue weighted by molar-refractivity contribution is 6.33. The standard InChI is InChI=1S/C15H14ClN3O/c1-11-6-5-9-13(16)14(11)17-10-18-19-15(20)12-7-3-2-4-8-12/h2-10H,1H3,(H,17,18)(H,19,20). The fraction of sp³-hybridized carbons (Fsp3) is 0.0667. The largest absolute Gasteiger partial charge is 0.288 e. The molecule has 20 heavy (non-hydrogen) atoms. The number of hydrazine groups is 1. The molecule has 0 bridgehead atoms. The first-order valence-corrected chi connectivity index (χ1v) is 6.45. The Morgan fingerprint density at radius 3 is 2.60 bits per heavy atom. The molecule has 0 aliphatic heterocycles. The summed E-state index contributed by atoms with van der Waals surface area (Å²) in [6.45, 7) is 1.92. The van der Waals surface area contributed by atoms with Crippen molar-refractivity contribution in [1.29, 1.82) is 0 Å². The number of hydrogen-bond donors (Lipinski definition) is 2. The summed E-state index contributed by atoms with van der Waals surface area (Å²) in [4.78, 5) is 15.9. The van der Waals surface area contributed by atoms with Gasteiger partial charge in [-0.25, -0.2) is 4.99 Å². The predicted octanol–water partition coefficient (Wildman–Crippen LogP) is 3.24. The number of para-hydroxylation sites is 1. The van der Waals surface area contributed by atoms with E-state index in [0.29, 0.717) is 16.3 Å². The molecule has 0 unspecified atom stereocenters. The van der Waals surface area contributed by atoms with Gasteiger partial charge in [0.25, 0.3) is 5.91 Å². The Morgan fingerprint density at radius 2 is 1.90 bits per heavy atom. The number of nitrogens with one attached hydrogen (secondary N) is 2. The van der Waals surface area contributed by atoms with E-state index in [1.54, 1.807) is 30.3 Å². The summed E-state index contributed by atoms with van der Waals surface area (Å²) in [6.07, 6.45) is 1.40. The molecule has 0 aliphatic rings. The molecule has 2 rings (SSSR count). The van der Waals surface area contributed by atoms with Crippen molar-refractivity contribution in [3.63, 3.8) is 0 Å². The van der Waals surface area contributed by atoms with E-state index in [2.05, 4.69) is 15.8 Å². The van der Waals surface area contributed by atoms with Crippen molar-refractivity contribution >= 4 is 29.5 Å². The minimum absolute atomic E-state index is 0.229. The van der Waals surface area contributed by atoms with Gasteiger partial charge in [-0.1, -0.05) is 41.9 Å². The van der Waals surface area contributed by atoms with E-state index < -0.39 is 0 Å². The van der Waals surface area contributed by atoms with E-state index >= 15 is 0 Å². The zero-order valence-electron chi connectivity index (χ0n) is 10.9. The Kier molecular flexibility index (Phi) is 4.74. The zero-order chi connectivity index (χ0) is 14.4. The average molecular weight is 288 g/mol. The predicted molar refractivity (Wildman–Crippen MR) is 81.4 cm³/mol. The summed E-state index contributed by atoms with van der Waals surface area (Å²) in [5.41, 5.74) is 7.37. The van der Waals surface area contributed by atoms with E-state index in [0.717, 1.165) is 5.56 Å². The Labute approximate surface area is 122 Å². The monoisotopic (exact) mass is 287 g/mol. The van der Waals surface area contributed by atoms with E-state index in [9.17, 15) is 4.79 Å². The number of halogens is 1. The molecule has 0 fully saturated rings. The number of benzene rings is 2. The number of rotatable bonds is 4. The molecule has 2 aromatic rings. The lowest BCUT2D eigenvalue weighted by atomic mass is 10.2. The van der Waals surface area contributed by atoms with Crippen LogP contribution in [0.1, 0.15) is 15.9 Å². The molecular weight excluding hydrogens is 274 g/mol. The van der Waals surface area contributed by atoms with E-state index in [1.165, 1.54) is 6.34 Å². The number of carbonyl (C=O) groups is 1. The number of aliphatic imine (C=N–C) groups is 1. The van der Waals surface area contributed by atoms with Gasteiger partial charge in [-0.3, -0.25) is 15.6 Å². The third-order valence-corrected chi connectivity index (χ3v) is 2.97. The summed E-state index contributed by atoms with van der Waals surface area (Å²) in [6, 6.07) is 14.5. The summed E-state index contributed by atoms with van der Waals surface area (Å²) in [7, 11) is 0. The molecule has 4 nitrogen and oxygen atoms in total. The second kappa shape index (κ2) is 6.73. The molecule has 0 saturated carbocycles. The Bertz CT molecular complexity index is 606. The van der Waals surface area contributed by atoms with Crippen LogP contribution in [0.5, 0.6) is 0 Å². The molecule has 0 spiro atoms. The number of nitrogens with zero attached hydrogens (tertiary/aromatic N) is 1. The SMILES string of the molecule is Cc1cccc(Cl)c1N=CNNC(=O)c1ccccc1. The molecule has 0 radical (unpaired) electrons. The summed E-state index contributed by atoms with van der Waals surface area (Å²) < 4.78 is 0. The lowest BCUT2D eigenvalue weighted by molar-refractivity contribution is 0.0944. The van der Waals surface area contributed by atoms with Crippen molar-refractivity contribution in [2.75, 3.05) is 0 Å². The van der Waals surface area contributed by atoms with Crippen molar-refractivity contribution in [2.24, 2.45) is 4.99 Å². The number of hydrogen-bond acceptors (Lipinski definition) is 2. The molecule has 1 amide bonds. The van der Waals surface area contributed by atoms with Crippen LogP contribution < -0.4 is 10.9 Å². The third-order valence-electron chi connectivity index (χ3n) is 2.67. The highest BCUT2D eigenvalue weighted by Crippen LogP contribution is 2.27. The molecule has 5 heteroatoms. The molecule has 2 N–H and O–H groups in total. The van der Waals surface area contributed by atoms with Gasteiger partial charge in [-0.2, -0.15) is 0 Å². The van der Waals surface area contributed by atoms with E-state index in [1.807, 2.05) is 25.1 Å². The van der Waals surface area contributed by atoms with Crippen LogP contribution in [0, 0.1) is 6.92 Å². The molecular formula is C15H14ClN3O. The smallest absolute Gasteiger partial charge is 0.269 e. The lowest BCUT2D eigenvalue weighted by Gasteiger charge is -2.05. The van der Waals surface area contributed by atoms with Gasteiger partial charge in [0.05, 0.1) is 10.7 Å². The van der Waals surface area contributed by atoms with Crippen molar-refractivity contribution in [1.82, 2.24) is 10.9 Å². The van der Waals surface area contributed by atoms with Crippen LogP contribution >= 0.6 is 11.6 Å². The highest BCUT2D eigenvalue weighted by atomic mass is 35.5. The Hall–Kier alpha value is -2.33. The van der Waals surface area contributed by atoms with Crippen molar-refractivity contribution in [2.45, 2.75) is 6.92 Å². The van der Waals surface area contributed by atoms with Crippen molar-refractivity contribution in [3.8, 4) is 0 Å². The number of aryl methyl sites for hydroxylation is 1. The quantitative estimate of drug-likeness (QED) is 0.515. The van der Waals surface area contributed by atoms with Crippen LogP contribution in [0.25, 0.3) is 0 Å². The van der Waals surface area contributed by atoms with Crippen LogP contribution in [0.4, 0.5) is 5.69 Å². The molecule has 0 aliphatic carbocycles. The van der Waals surface area contributed by atoms with Gasteiger partial charge in [0.1, 0.15) is 6.34 Å². The van der Waals surface area contributed by atoms with E-state index in [-0.39, 0.29) is 5.91 Å². The van der Waals surface area contributed by atoms with Gasteiger partial charge in [0.2, 0.25) is 0 Å². The zero-order valence-corrected chi connectivity index (χ0v) is 11.7. The van der Waals surface area contributed by atoms with Crippen LogP contribution in [-0.2, 0) is 0 Å². The second-order valence-corrected chi connectivity index (χ2v) is 4.54. The second-order valence-electron chi connectivity index (χ2n) is 4.13. The van der Waals surface area contributed by atoms with Crippen LogP contribution in [-0.4, -0.2) is 12.2 Å². The van der Waals surface area contributed by atoms with Crippen molar-refractivity contribution < 1.29 is 4.79 Å². The molecule has 0 heterocycles. The normalized spacial score (nSPS) is 10.5. The fourth-order valence-corrected chi connectivity index (χ4v) is 1.91. The van der Waals surface area contributed by atoms with Crippen LogP contribution in [0.2, 0.25) is 5.02 Å². The number of carbonyl (C=O) groups excluding carboxylic acids is 1. The van der Waals surface area contributed by atoms with Gasteiger partial charge in [0, 0.05) is 5.56 Å². The lowest BCUT2D eigenvalue weighted by Crippen LogP contribution is -2.36. The maximum atomic E-state index is 11.7. The van der Waals surface area contributed by atoms with Crippen LogP contribution in [0.3, 0.4) is 0 Å². The van der Waals surface area contributed by atoms with Crippen LogP contribution in [0.15, 0.2) is 53.5 Å². The highest BCUT2D eigenvalue weighted by Gasteiger charge is 2.02. The van der Waals surface area contributed by atoms with Gasteiger partial charge < -0.3 is 0 Å². The summed E-state index contributed by atoms with van der Waals surface area (Å²) in [5.74, 6) is -0.229. The van der Waals surface area contributed by atoms with Gasteiger partial charge in [-0.05, 0) is 30.7 Å². The Morgan fingerprint density at radius 1 is 1.15 bits per heavy atom. The van der Waals surface area contributed by atoms with Crippen molar-refractivity contribution in [3.05, 3.63) is 64.7 Å². The molecule has 102 valence electrons. The first-order chi connectivity index (χ1) is 9.68. The summed E-state index contributed by atoms with van der Waals surface area (Å²) in [5, 5.41) is 0.567. The maximum Gasteiger partial charge on any atom is 0.269 e. The van der Waals surface area contributed by atoms with Gasteiger partial charge in [-0.15, -0.1) is 0 Å². The minimum atomic E-state index is -0.229. The molecule has 0 saturated heterocycles.